The van der Waals surface area contributed by atoms with Gasteiger partial charge in [0.2, 0.25) is 17.7 Å². The van der Waals surface area contributed by atoms with Crippen LogP contribution < -0.4 is 16.0 Å². The van der Waals surface area contributed by atoms with Crippen molar-refractivity contribution in [2.24, 2.45) is 0 Å². The van der Waals surface area contributed by atoms with Gasteiger partial charge in [-0.1, -0.05) is 6.07 Å². The number of carbonyl (C=O) groups is 3. The number of amides is 3. The Bertz CT molecular complexity index is 825. The molecule has 0 aliphatic heterocycles. The maximum atomic E-state index is 13.1. The molecule has 0 aliphatic rings. The minimum atomic E-state index is -1.10. The molecule has 0 aromatic heterocycles. The van der Waals surface area contributed by atoms with E-state index in [0.29, 0.717) is 11.4 Å². The van der Waals surface area contributed by atoms with E-state index in [9.17, 15) is 23.2 Å². The second-order valence-electron chi connectivity index (χ2n) is 5.16. The lowest BCUT2D eigenvalue weighted by Gasteiger charge is -2.08. The van der Waals surface area contributed by atoms with E-state index in [2.05, 4.69) is 16.0 Å². The van der Waals surface area contributed by atoms with Crippen LogP contribution in [0.25, 0.3) is 0 Å². The van der Waals surface area contributed by atoms with Crippen molar-refractivity contribution in [2.75, 3.05) is 16.0 Å². The van der Waals surface area contributed by atoms with Crippen LogP contribution in [0.1, 0.15) is 13.3 Å². The maximum absolute atomic E-state index is 13.1. The molecule has 0 heterocycles. The van der Waals surface area contributed by atoms with E-state index in [1.54, 1.807) is 18.2 Å². The van der Waals surface area contributed by atoms with E-state index in [4.69, 9.17) is 0 Å². The zero-order valence-corrected chi connectivity index (χ0v) is 13.2. The molecule has 3 N–H and O–H groups in total. The van der Waals surface area contributed by atoms with Crippen molar-refractivity contribution in [3.8, 4) is 0 Å². The monoisotopic (exact) mass is 347 g/mol. The molecular weight excluding hydrogens is 332 g/mol. The number of benzene rings is 2. The van der Waals surface area contributed by atoms with Crippen molar-refractivity contribution in [1.29, 1.82) is 0 Å². The molecule has 0 saturated heterocycles. The van der Waals surface area contributed by atoms with Crippen LogP contribution in [0.4, 0.5) is 25.8 Å². The first-order valence-electron chi connectivity index (χ1n) is 7.26. The van der Waals surface area contributed by atoms with Crippen molar-refractivity contribution in [3.63, 3.8) is 0 Å². The van der Waals surface area contributed by atoms with Crippen molar-refractivity contribution < 1.29 is 23.2 Å². The zero-order valence-electron chi connectivity index (χ0n) is 13.2. The maximum Gasteiger partial charge on any atom is 0.233 e. The fourth-order valence-electron chi connectivity index (χ4n) is 2.01. The first kappa shape index (κ1) is 18.1. The molecule has 0 spiro atoms. The third kappa shape index (κ3) is 5.69. The summed E-state index contributed by atoms with van der Waals surface area (Å²) in [5.74, 6) is -3.66. The number of rotatable bonds is 5. The molecule has 8 heteroatoms. The highest BCUT2D eigenvalue weighted by Gasteiger charge is 2.11. The molecular formula is C17H15F2N3O3. The number of hydrogen-bond acceptors (Lipinski definition) is 3. The first-order chi connectivity index (χ1) is 11.8. The van der Waals surface area contributed by atoms with Crippen molar-refractivity contribution in [2.45, 2.75) is 13.3 Å². The summed E-state index contributed by atoms with van der Waals surface area (Å²) in [5, 5.41) is 7.37. The van der Waals surface area contributed by atoms with Crippen LogP contribution in [0, 0.1) is 11.6 Å². The largest absolute Gasteiger partial charge is 0.326 e. The van der Waals surface area contributed by atoms with Gasteiger partial charge in [0.1, 0.15) is 6.42 Å². The van der Waals surface area contributed by atoms with Gasteiger partial charge in [0.05, 0.1) is 0 Å². The topological polar surface area (TPSA) is 87.3 Å². The predicted molar refractivity (Wildman–Crippen MR) is 89.0 cm³/mol. The van der Waals surface area contributed by atoms with E-state index >= 15 is 0 Å². The van der Waals surface area contributed by atoms with E-state index < -0.39 is 29.9 Å². The number of nitrogens with one attached hydrogen (secondary N) is 3. The van der Waals surface area contributed by atoms with E-state index in [-0.39, 0.29) is 11.6 Å². The lowest BCUT2D eigenvalue weighted by Crippen LogP contribution is -2.21. The standard InChI is InChI=1S/C17H15F2N3O3/c1-10(23)20-11-3-2-4-12(7-11)21-16(24)9-17(25)22-13-5-6-14(18)15(19)8-13/h2-8H,9H2,1H3,(H,20,23)(H,21,24)(H,22,25). The minimum absolute atomic E-state index is 0.0457. The summed E-state index contributed by atoms with van der Waals surface area (Å²) in [5.41, 5.74) is 0.942. The third-order valence-electron chi connectivity index (χ3n) is 2.99. The van der Waals surface area contributed by atoms with Crippen LogP contribution in [0.3, 0.4) is 0 Å². The summed E-state index contributed by atoms with van der Waals surface area (Å²) in [6, 6.07) is 9.28. The Morgan fingerprint density at radius 3 is 1.92 bits per heavy atom. The van der Waals surface area contributed by atoms with E-state index in [1.807, 2.05) is 0 Å². The summed E-state index contributed by atoms with van der Waals surface area (Å²) >= 11 is 0. The molecule has 0 bridgehead atoms. The van der Waals surface area contributed by atoms with Crippen molar-refractivity contribution in [1.82, 2.24) is 0 Å². The first-order valence-corrected chi connectivity index (χ1v) is 7.26. The normalized spacial score (nSPS) is 10.0. The highest BCUT2D eigenvalue weighted by molar-refractivity contribution is 6.08. The molecule has 0 radical (unpaired) electrons. The summed E-state index contributed by atoms with van der Waals surface area (Å²) in [7, 11) is 0. The van der Waals surface area contributed by atoms with Gasteiger partial charge in [-0.05, 0) is 30.3 Å². The number of halogens is 2. The van der Waals surface area contributed by atoms with Gasteiger partial charge in [0, 0.05) is 30.1 Å². The van der Waals surface area contributed by atoms with Gasteiger partial charge in [0.15, 0.2) is 11.6 Å². The minimum Gasteiger partial charge on any atom is -0.326 e. The summed E-state index contributed by atoms with van der Waals surface area (Å²) in [6.07, 6.45) is -0.511. The van der Waals surface area contributed by atoms with Crippen LogP contribution in [0.2, 0.25) is 0 Å². The Balaban J connectivity index is 1.92. The SMILES string of the molecule is CC(=O)Nc1cccc(NC(=O)CC(=O)Nc2ccc(F)c(F)c2)c1. The Hall–Kier alpha value is -3.29. The quantitative estimate of drug-likeness (QED) is 0.727. The fourth-order valence-corrected chi connectivity index (χ4v) is 2.01. The number of hydrogen-bond donors (Lipinski definition) is 3. The van der Waals surface area contributed by atoms with E-state index in [0.717, 1.165) is 12.1 Å². The van der Waals surface area contributed by atoms with E-state index in [1.165, 1.54) is 19.1 Å². The van der Waals surface area contributed by atoms with Gasteiger partial charge >= 0.3 is 0 Å². The Morgan fingerprint density at radius 2 is 1.36 bits per heavy atom. The highest BCUT2D eigenvalue weighted by atomic mass is 19.2. The molecule has 0 aliphatic carbocycles. The molecule has 0 fully saturated rings. The van der Waals surface area contributed by atoms with Crippen molar-refractivity contribution in [3.05, 3.63) is 54.1 Å². The molecule has 6 nitrogen and oxygen atoms in total. The summed E-state index contributed by atoms with van der Waals surface area (Å²) in [6.45, 7) is 1.36. The molecule has 25 heavy (non-hydrogen) atoms. The van der Waals surface area contributed by atoms with Gasteiger partial charge in [-0.2, -0.15) is 0 Å². The second kappa shape index (κ2) is 8.00. The highest BCUT2D eigenvalue weighted by Crippen LogP contribution is 2.16. The third-order valence-corrected chi connectivity index (χ3v) is 2.99. The molecule has 130 valence electrons. The van der Waals surface area contributed by atoms with Gasteiger partial charge < -0.3 is 16.0 Å². The smallest absolute Gasteiger partial charge is 0.233 e. The lowest BCUT2D eigenvalue weighted by molar-refractivity contribution is -0.123. The van der Waals surface area contributed by atoms with Gasteiger partial charge in [0.25, 0.3) is 0 Å². The Morgan fingerprint density at radius 1 is 0.800 bits per heavy atom. The van der Waals surface area contributed by atoms with Gasteiger partial charge in [-0.3, -0.25) is 14.4 Å². The van der Waals surface area contributed by atoms with Crippen LogP contribution >= 0.6 is 0 Å². The molecule has 0 saturated carbocycles. The average Bonchev–Trinajstić information content (AvgIpc) is 2.50. The molecule has 2 aromatic rings. The molecule has 0 unspecified atom stereocenters. The van der Waals surface area contributed by atoms with Crippen molar-refractivity contribution >= 4 is 34.8 Å². The van der Waals surface area contributed by atoms with Crippen LogP contribution in [0.15, 0.2) is 42.5 Å². The molecule has 0 atom stereocenters. The average molecular weight is 347 g/mol. The molecule has 2 aromatic carbocycles. The zero-order chi connectivity index (χ0) is 18.4. The summed E-state index contributed by atoms with van der Waals surface area (Å²) < 4.78 is 25.9. The Labute approximate surface area is 142 Å². The molecule has 3 amide bonds. The van der Waals surface area contributed by atoms with Gasteiger partial charge in [-0.15, -0.1) is 0 Å². The second-order valence-corrected chi connectivity index (χ2v) is 5.16. The molecule has 2 rings (SSSR count). The lowest BCUT2D eigenvalue weighted by atomic mass is 10.2. The summed E-state index contributed by atoms with van der Waals surface area (Å²) in [4.78, 5) is 34.7. The van der Waals surface area contributed by atoms with Crippen LogP contribution in [0.5, 0.6) is 0 Å². The fraction of sp³-hybridized carbons (Fsp3) is 0.118. The van der Waals surface area contributed by atoms with Gasteiger partial charge in [-0.25, -0.2) is 8.78 Å². The van der Waals surface area contributed by atoms with Crippen LogP contribution in [-0.2, 0) is 14.4 Å². The van der Waals surface area contributed by atoms with Crippen LogP contribution in [-0.4, -0.2) is 17.7 Å². The number of anilines is 3. The number of carbonyl (C=O) groups excluding carboxylic acids is 3. The predicted octanol–water partition coefficient (Wildman–Crippen LogP) is 2.89. The Kier molecular flexibility index (Phi) is 5.78.